The van der Waals surface area contributed by atoms with Gasteiger partial charge in [-0.05, 0) is 88.4 Å². The normalized spacial score (nSPS) is 46.0. The summed E-state index contributed by atoms with van der Waals surface area (Å²) in [6, 6.07) is 0. The monoisotopic (exact) mass is 900 g/mol. The lowest BCUT2D eigenvalue weighted by molar-refractivity contribution is -0.370. The number of ether oxygens (including phenoxy) is 10. The molecule has 1 saturated carbocycles. The fourth-order valence-corrected chi connectivity index (χ4v) is 11.6. The van der Waals surface area contributed by atoms with Crippen LogP contribution in [-0.4, -0.2) is 139 Å². The van der Waals surface area contributed by atoms with Crippen LogP contribution in [0.15, 0.2) is 47.1 Å². The number of ketones is 1. The Labute approximate surface area is 377 Å². The summed E-state index contributed by atoms with van der Waals surface area (Å²) >= 11 is 0. The van der Waals surface area contributed by atoms with Crippen LogP contribution in [-0.2, 0) is 57.0 Å². The Morgan fingerprint density at radius 2 is 1.61 bits per heavy atom. The van der Waals surface area contributed by atoms with Crippen LogP contribution in [0.2, 0.25) is 0 Å². The SMILES string of the molecule is CO[C@@H]1C[C@H](O[C@H]2C/C=C/C=C3\CO[C@@H]4C(=O)C(C)=C[C@@H](C(=O)O[C@H]5C[C@@H](CC=C2C)OC2(CC[C@H](C)[C@@H](C6CCCCC6)O2)C5)[C@]34O)OC(C)[C@@H]1O[C@H]1C[C@@H](OC)C(O)(O)C(C)O1. The predicted molar refractivity (Wildman–Crippen MR) is 230 cm³/mol. The van der Waals surface area contributed by atoms with Gasteiger partial charge in [-0.25, -0.2) is 0 Å². The van der Waals surface area contributed by atoms with Gasteiger partial charge in [0.2, 0.25) is 5.79 Å². The molecule has 8 aliphatic rings. The molecule has 3 unspecified atom stereocenters. The van der Waals surface area contributed by atoms with Crippen LogP contribution < -0.4 is 0 Å². The van der Waals surface area contributed by atoms with Crippen LogP contribution in [0.5, 0.6) is 0 Å². The summed E-state index contributed by atoms with van der Waals surface area (Å²) in [5.41, 5.74) is -0.193. The van der Waals surface area contributed by atoms with E-state index in [0.717, 1.165) is 24.8 Å². The summed E-state index contributed by atoms with van der Waals surface area (Å²) in [4.78, 5) is 27.8. The number of methoxy groups -OCH3 is 2. The molecule has 2 bridgehead atoms. The van der Waals surface area contributed by atoms with Gasteiger partial charge in [-0.15, -0.1) is 0 Å². The number of carbonyl (C=O) groups is 2. The molecule has 6 fully saturated rings. The minimum atomic E-state index is -2.16. The highest BCUT2D eigenvalue weighted by Gasteiger charge is 2.60. The Bertz CT molecular complexity index is 1800. The van der Waals surface area contributed by atoms with Crippen LogP contribution in [0, 0.1) is 17.8 Å². The molecule has 3 N–H and O–H groups in total. The zero-order valence-electron chi connectivity index (χ0n) is 38.7. The zero-order valence-corrected chi connectivity index (χ0v) is 38.7. The summed E-state index contributed by atoms with van der Waals surface area (Å²) in [6.45, 7) is 9.38. The number of hydrogen-bond donors (Lipinski definition) is 3. The quantitative estimate of drug-likeness (QED) is 0.167. The maximum absolute atomic E-state index is 14.4. The number of aliphatic hydroxyl groups is 3. The van der Waals surface area contributed by atoms with E-state index in [0.29, 0.717) is 61.5 Å². The van der Waals surface area contributed by atoms with Crippen molar-refractivity contribution in [3.8, 4) is 0 Å². The largest absolute Gasteiger partial charge is 0.462 e. The van der Waals surface area contributed by atoms with Gasteiger partial charge in [0.05, 0.1) is 37.1 Å². The number of fused-ring (bicyclic) bond motifs is 2. The number of allylic oxidation sites excluding steroid dienone is 2. The molecular formula is C49H72O15. The summed E-state index contributed by atoms with van der Waals surface area (Å²) in [5.74, 6) is -4.37. The molecule has 15 nitrogen and oxygen atoms in total. The molecule has 8 rings (SSSR count). The Kier molecular flexibility index (Phi) is 14.8. The smallest absolute Gasteiger partial charge is 0.316 e. The van der Waals surface area contributed by atoms with E-state index in [1.807, 2.05) is 19.9 Å². The summed E-state index contributed by atoms with van der Waals surface area (Å²) in [7, 11) is 3.03. The first-order valence-corrected chi connectivity index (χ1v) is 23.8. The first-order chi connectivity index (χ1) is 30.5. The van der Waals surface area contributed by atoms with Gasteiger partial charge in [0.1, 0.15) is 35.9 Å². The highest BCUT2D eigenvalue weighted by molar-refractivity contribution is 6.03. The first kappa shape index (κ1) is 48.1. The average molecular weight is 901 g/mol. The molecule has 16 atom stereocenters. The van der Waals surface area contributed by atoms with Gasteiger partial charge in [0.25, 0.3) is 0 Å². The van der Waals surface area contributed by atoms with Crippen molar-refractivity contribution >= 4 is 11.8 Å². The molecule has 5 saturated heterocycles. The van der Waals surface area contributed by atoms with E-state index >= 15 is 0 Å². The van der Waals surface area contributed by atoms with Gasteiger partial charge >= 0.3 is 5.97 Å². The molecule has 0 aromatic heterocycles. The lowest BCUT2D eigenvalue weighted by Gasteiger charge is -2.51. The van der Waals surface area contributed by atoms with E-state index in [-0.39, 0.29) is 31.0 Å². The minimum Gasteiger partial charge on any atom is -0.462 e. The fourth-order valence-electron chi connectivity index (χ4n) is 11.6. The van der Waals surface area contributed by atoms with E-state index in [1.54, 1.807) is 39.2 Å². The molecule has 0 radical (unpaired) electrons. The minimum absolute atomic E-state index is 0.0225. The van der Waals surface area contributed by atoms with Crippen molar-refractivity contribution in [1.29, 1.82) is 0 Å². The number of Topliss-reactive ketones (excluding diaryl/α,β-unsaturated/α-hetero) is 1. The lowest BCUT2D eigenvalue weighted by atomic mass is 9.71. The summed E-state index contributed by atoms with van der Waals surface area (Å²) < 4.78 is 63.4. The third-order valence-electron chi connectivity index (χ3n) is 15.5. The number of rotatable bonds is 7. The molecule has 0 amide bonds. The second-order valence-electron chi connectivity index (χ2n) is 19.9. The summed E-state index contributed by atoms with van der Waals surface area (Å²) in [5, 5.41) is 33.5. The number of hydrogen-bond acceptors (Lipinski definition) is 15. The maximum atomic E-state index is 14.4. The van der Waals surface area contributed by atoms with Crippen molar-refractivity contribution in [1.82, 2.24) is 0 Å². The molecule has 358 valence electrons. The standard InChI is InChI=1S/C49H72O15/c1-27-17-18-34-22-35(25-47(63-34)20-19-28(2)43(64-47)32-13-9-8-10-14-32)60-46(51)36-21-29(3)42(50)45-48(36,52)33(26-57-45)15-11-12-16-37(27)61-40-23-38(55-6)44(30(4)58-40)62-41-24-39(56-7)49(53,54)31(5)59-41/h11-12,15,17,21,28,30-32,34-41,43-45,52-54H,8-10,13-14,16,18-20,22-26H2,1-7H3/b12-11+,27-17?,33-15+/t28-,30?,31?,34+,35-,36-,37-,38+,39+,40-,41-,43-,44-,45+,47?,48+/m0/s1. The molecule has 1 spiro atoms. The molecule has 2 aliphatic carbocycles. The predicted octanol–water partition coefficient (Wildman–Crippen LogP) is 5.42. The van der Waals surface area contributed by atoms with E-state index < -0.39 is 90.5 Å². The number of esters is 1. The molecule has 0 aromatic rings. The molecular weight excluding hydrogens is 829 g/mol. The van der Waals surface area contributed by atoms with Crippen LogP contribution in [0.4, 0.5) is 0 Å². The zero-order chi connectivity index (χ0) is 45.6. The Morgan fingerprint density at radius 3 is 2.36 bits per heavy atom. The third-order valence-corrected chi connectivity index (χ3v) is 15.5. The molecule has 0 aromatic carbocycles. The fraction of sp³-hybridized carbons (Fsp3) is 0.796. The van der Waals surface area contributed by atoms with Gasteiger partial charge in [-0.2, -0.15) is 0 Å². The van der Waals surface area contributed by atoms with Gasteiger partial charge in [0.15, 0.2) is 30.3 Å². The highest BCUT2D eigenvalue weighted by atomic mass is 16.7. The van der Waals surface area contributed by atoms with Crippen molar-refractivity contribution < 1.29 is 72.3 Å². The van der Waals surface area contributed by atoms with Crippen LogP contribution in [0.1, 0.15) is 118 Å². The highest BCUT2D eigenvalue weighted by Crippen LogP contribution is 2.48. The van der Waals surface area contributed by atoms with E-state index in [4.69, 9.17) is 47.4 Å². The Balaban J connectivity index is 1.06. The van der Waals surface area contributed by atoms with Gasteiger partial charge in [-0.1, -0.05) is 56.6 Å². The molecule has 64 heavy (non-hydrogen) atoms. The molecule has 15 heteroatoms. The van der Waals surface area contributed by atoms with Crippen LogP contribution in [0.3, 0.4) is 0 Å². The van der Waals surface area contributed by atoms with Crippen molar-refractivity contribution in [3.05, 3.63) is 47.1 Å². The van der Waals surface area contributed by atoms with Crippen LogP contribution in [0.25, 0.3) is 0 Å². The Morgan fingerprint density at radius 1 is 0.844 bits per heavy atom. The van der Waals surface area contributed by atoms with Gasteiger partial charge in [0, 0.05) is 46.3 Å². The number of carbonyl (C=O) groups excluding carboxylic acids is 2. The van der Waals surface area contributed by atoms with E-state index in [1.165, 1.54) is 26.4 Å². The van der Waals surface area contributed by atoms with Crippen molar-refractivity contribution in [2.45, 2.75) is 209 Å². The third kappa shape index (κ3) is 9.66. The van der Waals surface area contributed by atoms with Crippen molar-refractivity contribution in [2.24, 2.45) is 17.8 Å². The average Bonchev–Trinajstić information content (AvgIpc) is 3.61. The second-order valence-corrected chi connectivity index (χ2v) is 19.9. The topological polar surface area (TPSA) is 187 Å². The summed E-state index contributed by atoms with van der Waals surface area (Å²) in [6.07, 6.45) is 11.5. The van der Waals surface area contributed by atoms with E-state index in [2.05, 4.69) is 13.0 Å². The van der Waals surface area contributed by atoms with Gasteiger partial charge in [-0.3, -0.25) is 9.59 Å². The molecule has 6 aliphatic heterocycles. The second kappa shape index (κ2) is 19.7. The lowest BCUT2D eigenvalue weighted by Crippen LogP contribution is -2.60. The van der Waals surface area contributed by atoms with E-state index in [9.17, 15) is 24.9 Å². The Hall–Kier alpha value is -2.38. The van der Waals surface area contributed by atoms with Crippen LogP contribution >= 0.6 is 0 Å². The van der Waals surface area contributed by atoms with Crippen molar-refractivity contribution in [2.75, 3.05) is 20.8 Å². The van der Waals surface area contributed by atoms with Crippen molar-refractivity contribution in [3.63, 3.8) is 0 Å². The first-order valence-electron chi connectivity index (χ1n) is 23.8. The van der Waals surface area contributed by atoms with Gasteiger partial charge < -0.3 is 62.7 Å². The molecule has 6 heterocycles. The maximum Gasteiger partial charge on any atom is 0.316 e.